The molecule has 3 rings (SSSR count). The van der Waals surface area contributed by atoms with E-state index in [1.165, 1.54) is 6.07 Å². The van der Waals surface area contributed by atoms with E-state index in [1.54, 1.807) is 0 Å². The number of alkyl halides is 3. The van der Waals surface area contributed by atoms with Gasteiger partial charge in [-0.25, -0.2) is 13.8 Å². The Hall–Kier alpha value is -3.37. The lowest BCUT2D eigenvalue weighted by atomic mass is 10.1. The van der Waals surface area contributed by atoms with Crippen molar-refractivity contribution in [3.63, 3.8) is 0 Å². The lowest BCUT2D eigenvalue weighted by Crippen LogP contribution is -2.19. The average molecular weight is 369 g/mol. The van der Waals surface area contributed by atoms with Gasteiger partial charge in [0.1, 0.15) is 12.1 Å². The number of pyridine rings is 1. The van der Waals surface area contributed by atoms with E-state index in [2.05, 4.69) is 20.4 Å². The largest absolute Gasteiger partial charge is 0.417 e. The van der Waals surface area contributed by atoms with Crippen molar-refractivity contribution in [2.45, 2.75) is 6.18 Å². The van der Waals surface area contributed by atoms with E-state index in [0.717, 1.165) is 35.4 Å². The average Bonchev–Trinajstić information content (AvgIpc) is 3.02. The van der Waals surface area contributed by atoms with Crippen molar-refractivity contribution in [2.75, 3.05) is 5.32 Å². The van der Waals surface area contributed by atoms with E-state index < -0.39 is 40.7 Å². The molecule has 134 valence electrons. The predicted molar refractivity (Wildman–Crippen MR) is 78.5 cm³/mol. The van der Waals surface area contributed by atoms with Crippen LogP contribution in [0.5, 0.6) is 0 Å². The van der Waals surface area contributed by atoms with Gasteiger partial charge in [-0.15, -0.1) is 5.10 Å². The monoisotopic (exact) mass is 369 g/mol. The number of nitrogens with one attached hydrogen (secondary N) is 1. The van der Waals surface area contributed by atoms with Crippen molar-refractivity contribution >= 4 is 11.9 Å². The van der Waals surface area contributed by atoms with Gasteiger partial charge in [-0.1, -0.05) is 12.1 Å². The molecule has 0 fully saturated rings. The van der Waals surface area contributed by atoms with Crippen LogP contribution in [0.1, 0.15) is 15.9 Å². The maximum Gasteiger partial charge on any atom is 0.417 e. The van der Waals surface area contributed by atoms with Crippen LogP contribution in [0.2, 0.25) is 0 Å². The third kappa shape index (κ3) is 3.50. The first kappa shape index (κ1) is 17.5. The Labute approximate surface area is 142 Å². The molecule has 0 spiro atoms. The molecule has 3 aromatic rings. The SMILES string of the molecule is O=C(Nc1ncn(-c2ncc(F)cc2F)n1)c1ccccc1C(F)(F)F. The third-order valence-electron chi connectivity index (χ3n) is 3.20. The highest BCUT2D eigenvalue weighted by Crippen LogP contribution is 2.32. The second kappa shape index (κ2) is 6.50. The summed E-state index contributed by atoms with van der Waals surface area (Å²) in [6.07, 6.45) is -3.01. The molecule has 2 heterocycles. The van der Waals surface area contributed by atoms with E-state index in [1.807, 2.05) is 0 Å². The van der Waals surface area contributed by atoms with E-state index in [-0.39, 0.29) is 5.95 Å². The molecule has 0 aliphatic rings. The molecule has 11 heteroatoms. The quantitative estimate of drug-likeness (QED) is 0.720. The number of aromatic nitrogens is 4. The van der Waals surface area contributed by atoms with Gasteiger partial charge in [0.2, 0.25) is 5.95 Å². The van der Waals surface area contributed by atoms with Crippen molar-refractivity contribution in [2.24, 2.45) is 0 Å². The van der Waals surface area contributed by atoms with Crippen LogP contribution in [-0.4, -0.2) is 25.7 Å². The first-order valence-corrected chi connectivity index (χ1v) is 6.96. The molecule has 0 bridgehead atoms. The summed E-state index contributed by atoms with van der Waals surface area (Å²) >= 11 is 0. The van der Waals surface area contributed by atoms with E-state index in [4.69, 9.17) is 0 Å². The zero-order chi connectivity index (χ0) is 18.9. The van der Waals surface area contributed by atoms with Crippen LogP contribution in [0.3, 0.4) is 0 Å². The summed E-state index contributed by atoms with van der Waals surface area (Å²) in [5.41, 5.74) is -1.74. The first-order chi connectivity index (χ1) is 12.3. The fraction of sp³-hybridized carbons (Fsp3) is 0.0667. The number of rotatable bonds is 3. The molecule has 0 aliphatic carbocycles. The predicted octanol–water partition coefficient (Wildman–Crippen LogP) is 3.21. The van der Waals surface area contributed by atoms with Crippen molar-refractivity contribution in [1.82, 2.24) is 19.7 Å². The highest BCUT2D eigenvalue weighted by atomic mass is 19.4. The lowest BCUT2D eigenvalue weighted by Gasteiger charge is -2.11. The number of nitrogens with zero attached hydrogens (tertiary/aromatic N) is 4. The van der Waals surface area contributed by atoms with Crippen LogP contribution in [-0.2, 0) is 6.18 Å². The Morgan fingerprint density at radius 3 is 2.54 bits per heavy atom. The molecule has 0 saturated carbocycles. The Morgan fingerprint density at radius 2 is 1.85 bits per heavy atom. The molecule has 0 unspecified atom stereocenters. The van der Waals surface area contributed by atoms with Gasteiger partial charge in [0.15, 0.2) is 11.6 Å². The van der Waals surface area contributed by atoms with E-state index >= 15 is 0 Å². The van der Waals surface area contributed by atoms with Crippen LogP contribution in [0, 0.1) is 11.6 Å². The fourth-order valence-electron chi connectivity index (χ4n) is 2.10. The highest BCUT2D eigenvalue weighted by Gasteiger charge is 2.35. The smallest absolute Gasteiger partial charge is 0.289 e. The molecular formula is C15H8F5N5O. The molecule has 0 aliphatic heterocycles. The molecule has 6 nitrogen and oxygen atoms in total. The zero-order valence-electron chi connectivity index (χ0n) is 12.6. The summed E-state index contributed by atoms with van der Waals surface area (Å²) in [7, 11) is 0. The zero-order valence-corrected chi connectivity index (χ0v) is 12.6. The van der Waals surface area contributed by atoms with Crippen molar-refractivity contribution < 1.29 is 26.7 Å². The topological polar surface area (TPSA) is 72.7 Å². The number of hydrogen-bond acceptors (Lipinski definition) is 4. The van der Waals surface area contributed by atoms with Gasteiger partial charge >= 0.3 is 6.18 Å². The van der Waals surface area contributed by atoms with Crippen LogP contribution in [0.25, 0.3) is 5.82 Å². The van der Waals surface area contributed by atoms with E-state index in [0.29, 0.717) is 6.07 Å². The van der Waals surface area contributed by atoms with Gasteiger partial charge in [-0.05, 0) is 12.1 Å². The molecule has 0 saturated heterocycles. The summed E-state index contributed by atoms with van der Waals surface area (Å²) in [5, 5.41) is 5.78. The van der Waals surface area contributed by atoms with Gasteiger partial charge in [0.25, 0.3) is 5.91 Å². The van der Waals surface area contributed by atoms with Gasteiger partial charge in [-0.3, -0.25) is 10.1 Å². The summed E-state index contributed by atoms with van der Waals surface area (Å²) < 4.78 is 66.2. The van der Waals surface area contributed by atoms with Crippen LogP contribution < -0.4 is 5.32 Å². The molecule has 1 amide bonds. The molecule has 2 aromatic heterocycles. The maximum atomic E-state index is 13.7. The maximum absolute atomic E-state index is 13.7. The number of halogens is 5. The number of anilines is 1. The molecular weight excluding hydrogens is 361 g/mol. The van der Waals surface area contributed by atoms with Gasteiger partial charge in [0, 0.05) is 6.07 Å². The minimum absolute atomic E-state index is 0.377. The summed E-state index contributed by atoms with van der Waals surface area (Å²) in [6, 6.07) is 4.75. The van der Waals surface area contributed by atoms with Gasteiger partial charge in [-0.2, -0.15) is 22.8 Å². The highest BCUT2D eigenvalue weighted by molar-refractivity contribution is 6.04. The van der Waals surface area contributed by atoms with Gasteiger partial charge < -0.3 is 0 Å². The lowest BCUT2D eigenvalue weighted by molar-refractivity contribution is -0.137. The first-order valence-electron chi connectivity index (χ1n) is 6.96. The van der Waals surface area contributed by atoms with Crippen molar-refractivity contribution in [3.8, 4) is 5.82 Å². The normalized spacial score (nSPS) is 11.4. The Balaban J connectivity index is 1.85. The molecule has 26 heavy (non-hydrogen) atoms. The Bertz CT molecular complexity index is 969. The molecule has 1 aromatic carbocycles. The van der Waals surface area contributed by atoms with Crippen LogP contribution in [0.4, 0.5) is 27.9 Å². The second-order valence-corrected chi connectivity index (χ2v) is 4.97. The summed E-state index contributed by atoms with van der Waals surface area (Å²) in [6.45, 7) is 0. The van der Waals surface area contributed by atoms with Crippen molar-refractivity contribution in [3.05, 3.63) is 65.6 Å². The Kier molecular flexibility index (Phi) is 4.36. The second-order valence-electron chi connectivity index (χ2n) is 4.97. The number of carbonyl (C=O) groups is 1. The molecule has 0 radical (unpaired) electrons. The number of benzene rings is 1. The Morgan fingerprint density at radius 1 is 1.12 bits per heavy atom. The fourth-order valence-corrected chi connectivity index (χ4v) is 2.10. The third-order valence-corrected chi connectivity index (χ3v) is 3.20. The minimum atomic E-state index is -4.72. The number of carbonyl (C=O) groups excluding carboxylic acids is 1. The summed E-state index contributed by atoms with van der Waals surface area (Å²) in [5.74, 6) is -3.80. The molecule has 0 atom stereocenters. The standard InChI is InChI=1S/C15H8F5N5O/c16-8-5-11(17)12(21-6-8)25-7-22-14(24-25)23-13(26)9-3-1-2-4-10(9)15(18,19)20/h1-7H,(H,23,24,26). The van der Waals surface area contributed by atoms with Gasteiger partial charge in [0.05, 0.1) is 17.3 Å². The van der Waals surface area contributed by atoms with Crippen LogP contribution >= 0.6 is 0 Å². The number of hydrogen-bond donors (Lipinski definition) is 1. The van der Waals surface area contributed by atoms with Crippen LogP contribution in [0.15, 0.2) is 42.9 Å². The molecule has 1 N–H and O–H groups in total. The number of amides is 1. The van der Waals surface area contributed by atoms with E-state index in [9.17, 15) is 26.7 Å². The van der Waals surface area contributed by atoms with Crippen molar-refractivity contribution in [1.29, 1.82) is 0 Å². The summed E-state index contributed by atoms with van der Waals surface area (Å²) in [4.78, 5) is 19.2. The minimum Gasteiger partial charge on any atom is -0.289 e.